The van der Waals surface area contributed by atoms with E-state index in [0.29, 0.717) is 5.92 Å². The number of benzene rings is 1. The normalized spacial score (nSPS) is 21.4. The van der Waals surface area contributed by atoms with Crippen LogP contribution in [-0.4, -0.2) is 69.0 Å². The molecule has 0 saturated carbocycles. The lowest BCUT2D eigenvalue weighted by Gasteiger charge is -2.39. The molecule has 0 N–H and O–H groups in total. The Kier molecular flexibility index (Phi) is 6.15. The van der Waals surface area contributed by atoms with Gasteiger partial charge in [-0.15, -0.1) is 5.10 Å². The van der Waals surface area contributed by atoms with Crippen LogP contribution in [0.2, 0.25) is 0 Å². The molecule has 0 radical (unpaired) electrons. The zero-order valence-corrected chi connectivity index (χ0v) is 19.2. The van der Waals surface area contributed by atoms with Crippen LogP contribution >= 0.6 is 11.3 Å². The van der Waals surface area contributed by atoms with Gasteiger partial charge in [-0.05, 0) is 47.7 Å². The van der Waals surface area contributed by atoms with Crippen molar-refractivity contribution in [2.75, 3.05) is 37.7 Å². The molecule has 9 heteroatoms. The van der Waals surface area contributed by atoms with E-state index in [1.54, 1.807) is 11.3 Å². The minimum Gasteiger partial charge on any atom is -0.376 e. The van der Waals surface area contributed by atoms with E-state index in [1.165, 1.54) is 4.70 Å². The number of piperazine rings is 1. The van der Waals surface area contributed by atoms with Gasteiger partial charge in [-0.3, -0.25) is 4.90 Å². The molecule has 2 saturated heterocycles. The predicted molar refractivity (Wildman–Crippen MR) is 122 cm³/mol. The second kappa shape index (κ2) is 9.18. The Morgan fingerprint density at radius 3 is 2.74 bits per heavy atom. The summed E-state index contributed by atoms with van der Waals surface area (Å²) in [6, 6.07) is 8.62. The molecule has 2 aromatic heterocycles. The highest BCUT2D eigenvalue weighted by Crippen LogP contribution is 2.32. The van der Waals surface area contributed by atoms with Crippen molar-refractivity contribution >= 4 is 26.7 Å². The average Bonchev–Trinajstić information content (AvgIpc) is 3.53. The molecule has 1 aromatic carbocycles. The van der Waals surface area contributed by atoms with E-state index in [0.717, 1.165) is 75.1 Å². The smallest absolute Gasteiger partial charge is 0.186 e. The van der Waals surface area contributed by atoms with Crippen molar-refractivity contribution in [3.63, 3.8) is 0 Å². The first-order valence-corrected chi connectivity index (χ1v) is 12.2. The van der Waals surface area contributed by atoms with Gasteiger partial charge in [-0.2, -0.15) is 0 Å². The maximum absolute atomic E-state index is 5.83. The number of para-hydroxylation sites is 1. The lowest BCUT2D eigenvalue weighted by Crippen LogP contribution is -2.48. The van der Waals surface area contributed by atoms with Gasteiger partial charge in [0.25, 0.3) is 0 Å². The maximum atomic E-state index is 5.83. The molecule has 2 aliphatic heterocycles. The molecule has 5 rings (SSSR count). The van der Waals surface area contributed by atoms with Crippen LogP contribution in [0.25, 0.3) is 10.2 Å². The van der Waals surface area contributed by atoms with Crippen molar-refractivity contribution in [2.24, 2.45) is 5.92 Å². The molecule has 4 heterocycles. The van der Waals surface area contributed by atoms with Crippen LogP contribution in [0.4, 0.5) is 5.13 Å². The molecule has 3 aromatic rings. The summed E-state index contributed by atoms with van der Waals surface area (Å²) in [7, 11) is 0. The lowest BCUT2D eigenvalue weighted by molar-refractivity contribution is 0.0885. The molecule has 8 nitrogen and oxygen atoms in total. The highest BCUT2D eigenvalue weighted by Gasteiger charge is 2.31. The van der Waals surface area contributed by atoms with Crippen LogP contribution in [0.1, 0.15) is 45.0 Å². The van der Waals surface area contributed by atoms with E-state index in [1.807, 2.05) is 4.68 Å². The third kappa shape index (κ3) is 4.58. The summed E-state index contributed by atoms with van der Waals surface area (Å²) >= 11 is 1.79. The number of hydrogen-bond acceptors (Lipinski definition) is 8. The largest absolute Gasteiger partial charge is 0.376 e. The third-order valence-electron chi connectivity index (χ3n) is 6.26. The van der Waals surface area contributed by atoms with Crippen LogP contribution in [0.3, 0.4) is 0 Å². The molecule has 0 bridgehead atoms. The summed E-state index contributed by atoms with van der Waals surface area (Å²) in [6.07, 6.45) is 3.51. The summed E-state index contributed by atoms with van der Waals surface area (Å²) in [5.41, 5.74) is 1.09. The lowest BCUT2D eigenvalue weighted by atomic mass is 10.0. The van der Waals surface area contributed by atoms with Gasteiger partial charge in [0.2, 0.25) is 0 Å². The van der Waals surface area contributed by atoms with Crippen molar-refractivity contribution in [3.8, 4) is 0 Å². The Bertz CT molecular complexity index is 956. The van der Waals surface area contributed by atoms with E-state index < -0.39 is 0 Å². The summed E-state index contributed by atoms with van der Waals surface area (Å²) < 4.78 is 9.08. The number of ether oxygens (including phenoxy) is 1. The summed E-state index contributed by atoms with van der Waals surface area (Å²) in [4.78, 5) is 9.83. The fraction of sp³-hybridized carbons (Fsp3) is 0.636. The van der Waals surface area contributed by atoms with E-state index >= 15 is 0 Å². The second-order valence-electron chi connectivity index (χ2n) is 8.99. The number of aromatic nitrogens is 5. The van der Waals surface area contributed by atoms with Gasteiger partial charge in [0.05, 0.1) is 28.9 Å². The number of nitrogens with zero attached hydrogens (tertiary/aromatic N) is 7. The monoisotopic (exact) mass is 441 g/mol. The van der Waals surface area contributed by atoms with Gasteiger partial charge in [0.1, 0.15) is 0 Å². The average molecular weight is 442 g/mol. The number of tetrazole rings is 1. The van der Waals surface area contributed by atoms with Gasteiger partial charge >= 0.3 is 0 Å². The van der Waals surface area contributed by atoms with Gasteiger partial charge in [-0.1, -0.05) is 37.3 Å². The van der Waals surface area contributed by atoms with Gasteiger partial charge in [0, 0.05) is 32.8 Å². The van der Waals surface area contributed by atoms with Crippen LogP contribution < -0.4 is 4.90 Å². The SMILES string of the molecule is CC(C)C[C@@H](c1nnnn1C[C@H]1CCCO1)N1CCN(c2nc3ccccc3s2)CC1. The van der Waals surface area contributed by atoms with Gasteiger partial charge in [-0.25, -0.2) is 9.67 Å². The first-order valence-electron chi connectivity index (χ1n) is 11.4. The highest BCUT2D eigenvalue weighted by molar-refractivity contribution is 7.22. The van der Waals surface area contributed by atoms with Crippen molar-refractivity contribution < 1.29 is 4.74 Å². The minimum atomic E-state index is 0.230. The zero-order valence-electron chi connectivity index (χ0n) is 18.4. The first kappa shape index (κ1) is 20.8. The minimum absolute atomic E-state index is 0.230. The first-order chi connectivity index (χ1) is 15.2. The number of fused-ring (bicyclic) bond motifs is 1. The van der Waals surface area contributed by atoms with E-state index in [-0.39, 0.29) is 12.1 Å². The Balaban J connectivity index is 1.29. The fourth-order valence-electron chi connectivity index (χ4n) is 4.65. The Morgan fingerprint density at radius 2 is 2.00 bits per heavy atom. The summed E-state index contributed by atoms with van der Waals surface area (Å²) in [5.74, 6) is 1.55. The summed E-state index contributed by atoms with van der Waals surface area (Å²) in [6.45, 7) is 10.1. The molecule has 0 spiro atoms. The zero-order chi connectivity index (χ0) is 21.2. The number of anilines is 1. The van der Waals surface area contributed by atoms with E-state index in [2.05, 4.69) is 63.4 Å². The second-order valence-corrected chi connectivity index (χ2v) is 10.00. The predicted octanol–water partition coefficient (Wildman–Crippen LogP) is 3.37. The molecular formula is C22H31N7OS. The molecule has 0 amide bonds. The summed E-state index contributed by atoms with van der Waals surface area (Å²) in [5, 5.41) is 14.0. The van der Waals surface area contributed by atoms with Crippen LogP contribution in [-0.2, 0) is 11.3 Å². The van der Waals surface area contributed by atoms with Crippen LogP contribution in [0.5, 0.6) is 0 Å². The standard InChI is InChI=1S/C22H31N7OS/c1-16(2)14-19(21-24-25-26-29(21)15-17-6-5-13-30-17)27-9-11-28(12-10-27)22-23-18-7-3-4-8-20(18)31-22/h3-4,7-8,16-17,19H,5-6,9-15H2,1-2H3/t17-,19+/m1/s1. The fourth-order valence-corrected chi connectivity index (χ4v) is 5.66. The van der Waals surface area contributed by atoms with Crippen molar-refractivity contribution in [1.82, 2.24) is 30.1 Å². The van der Waals surface area contributed by atoms with E-state index in [9.17, 15) is 0 Å². The Hall–Kier alpha value is -2.10. The van der Waals surface area contributed by atoms with Crippen molar-refractivity contribution in [2.45, 2.75) is 51.8 Å². The maximum Gasteiger partial charge on any atom is 0.186 e. The molecule has 2 aliphatic rings. The topological polar surface area (TPSA) is 72.2 Å². The van der Waals surface area contributed by atoms with Gasteiger partial charge in [0.15, 0.2) is 11.0 Å². The van der Waals surface area contributed by atoms with Crippen LogP contribution in [0.15, 0.2) is 24.3 Å². The molecule has 2 fully saturated rings. The van der Waals surface area contributed by atoms with Gasteiger partial charge < -0.3 is 9.64 Å². The number of rotatable bonds is 7. The molecule has 0 unspecified atom stereocenters. The van der Waals surface area contributed by atoms with Crippen molar-refractivity contribution in [3.05, 3.63) is 30.1 Å². The molecular weight excluding hydrogens is 410 g/mol. The van der Waals surface area contributed by atoms with Crippen molar-refractivity contribution in [1.29, 1.82) is 0 Å². The quantitative estimate of drug-likeness (QED) is 0.557. The molecule has 31 heavy (non-hydrogen) atoms. The van der Waals surface area contributed by atoms with Crippen LogP contribution in [0, 0.1) is 5.92 Å². The Labute approximate surface area is 187 Å². The Morgan fingerprint density at radius 1 is 1.16 bits per heavy atom. The third-order valence-corrected chi connectivity index (χ3v) is 7.36. The molecule has 0 aliphatic carbocycles. The molecule has 166 valence electrons. The van der Waals surface area contributed by atoms with E-state index in [4.69, 9.17) is 9.72 Å². The number of thiazole rings is 1. The molecule has 2 atom stereocenters. The number of hydrogen-bond donors (Lipinski definition) is 0. The highest BCUT2D eigenvalue weighted by atomic mass is 32.1.